The third-order valence-electron chi connectivity index (χ3n) is 2.86. The minimum Gasteiger partial charge on any atom is -0.274 e. The molecule has 0 saturated carbocycles. The molecule has 0 aliphatic heterocycles. The van der Waals surface area contributed by atoms with E-state index in [4.69, 9.17) is 0 Å². The van der Waals surface area contributed by atoms with Crippen molar-refractivity contribution in [2.75, 3.05) is 4.72 Å². The number of nitrogens with one attached hydrogen (secondary N) is 1. The highest BCUT2D eigenvalue weighted by Crippen LogP contribution is 2.27. The smallest absolute Gasteiger partial charge is 0.265 e. The standard InChI is InChI=1S/C12H11F4N3O2S/c1-3-19-5-9(6(2)17-19)22(20,21)18-12-10(15)7(13)4-8(14)11(12)16/h4-5,18H,3H2,1-2H3. The van der Waals surface area contributed by atoms with E-state index in [2.05, 4.69) is 5.10 Å². The Morgan fingerprint density at radius 2 is 1.73 bits per heavy atom. The van der Waals surface area contributed by atoms with Gasteiger partial charge in [0, 0.05) is 18.8 Å². The first-order valence-electron chi connectivity index (χ1n) is 6.07. The van der Waals surface area contributed by atoms with Crippen LogP contribution in [0, 0.1) is 30.2 Å². The van der Waals surface area contributed by atoms with Gasteiger partial charge < -0.3 is 0 Å². The molecule has 22 heavy (non-hydrogen) atoms. The summed E-state index contributed by atoms with van der Waals surface area (Å²) in [4.78, 5) is -0.349. The van der Waals surface area contributed by atoms with E-state index in [0.717, 1.165) is 6.20 Å². The second-order valence-corrected chi connectivity index (χ2v) is 6.03. The normalized spacial score (nSPS) is 11.7. The quantitative estimate of drug-likeness (QED) is 0.689. The Bertz CT molecular complexity index is 807. The van der Waals surface area contributed by atoms with Gasteiger partial charge in [-0.15, -0.1) is 0 Å². The molecule has 0 atom stereocenters. The molecule has 0 saturated heterocycles. The maximum atomic E-state index is 13.5. The molecule has 0 fully saturated rings. The zero-order valence-corrected chi connectivity index (χ0v) is 12.3. The Kier molecular flexibility index (Phi) is 4.14. The Balaban J connectivity index is 2.52. The van der Waals surface area contributed by atoms with Crippen molar-refractivity contribution in [1.29, 1.82) is 0 Å². The van der Waals surface area contributed by atoms with Gasteiger partial charge in [0.15, 0.2) is 23.3 Å². The summed E-state index contributed by atoms with van der Waals surface area (Å²) in [6.07, 6.45) is 1.14. The first kappa shape index (κ1) is 16.3. The van der Waals surface area contributed by atoms with Crippen LogP contribution < -0.4 is 4.72 Å². The van der Waals surface area contributed by atoms with E-state index in [1.807, 2.05) is 0 Å². The highest BCUT2D eigenvalue weighted by molar-refractivity contribution is 7.92. The highest BCUT2D eigenvalue weighted by atomic mass is 32.2. The number of benzene rings is 1. The number of anilines is 1. The molecule has 0 aliphatic carbocycles. The fourth-order valence-electron chi connectivity index (χ4n) is 1.78. The molecule has 0 aliphatic rings. The number of hydrogen-bond donors (Lipinski definition) is 1. The Morgan fingerprint density at radius 1 is 1.18 bits per heavy atom. The van der Waals surface area contributed by atoms with Crippen LogP contribution in [-0.2, 0) is 16.6 Å². The zero-order valence-electron chi connectivity index (χ0n) is 11.5. The monoisotopic (exact) mass is 337 g/mol. The lowest BCUT2D eigenvalue weighted by atomic mass is 10.3. The third-order valence-corrected chi connectivity index (χ3v) is 4.32. The molecule has 1 heterocycles. The number of aromatic nitrogens is 2. The number of hydrogen-bond acceptors (Lipinski definition) is 3. The van der Waals surface area contributed by atoms with E-state index >= 15 is 0 Å². The molecular weight excluding hydrogens is 326 g/mol. The Morgan fingerprint density at radius 3 is 2.18 bits per heavy atom. The molecule has 0 unspecified atom stereocenters. The maximum Gasteiger partial charge on any atom is 0.265 e. The van der Waals surface area contributed by atoms with Gasteiger partial charge in [0.25, 0.3) is 10.0 Å². The molecule has 1 aromatic carbocycles. The number of halogens is 4. The zero-order chi connectivity index (χ0) is 16.7. The topological polar surface area (TPSA) is 64.0 Å². The highest BCUT2D eigenvalue weighted by Gasteiger charge is 2.26. The van der Waals surface area contributed by atoms with Gasteiger partial charge in [-0.3, -0.25) is 9.40 Å². The predicted molar refractivity (Wildman–Crippen MR) is 69.7 cm³/mol. The fourth-order valence-corrected chi connectivity index (χ4v) is 3.03. The van der Waals surface area contributed by atoms with Crippen LogP contribution in [0.3, 0.4) is 0 Å². The van der Waals surface area contributed by atoms with E-state index in [0.29, 0.717) is 6.54 Å². The van der Waals surface area contributed by atoms with Gasteiger partial charge in [-0.25, -0.2) is 26.0 Å². The molecule has 2 aromatic rings. The minimum atomic E-state index is -4.46. The van der Waals surface area contributed by atoms with E-state index in [1.54, 1.807) is 6.92 Å². The molecular formula is C12H11F4N3O2S. The second kappa shape index (κ2) is 5.59. The summed E-state index contributed by atoms with van der Waals surface area (Å²) in [7, 11) is -4.46. The van der Waals surface area contributed by atoms with Crippen molar-refractivity contribution in [3.05, 3.63) is 41.2 Å². The molecule has 1 aromatic heterocycles. The summed E-state index contributed by atoms with van der Waals surface area (Å²) in [6.45, 7) is 3.45. The van der Waals surface area contributed by atoms with Gasteiger partial charge >= 0.3 is 0 Å². The Hall–Kier alpha value is -2.10. The molecule has 0 amide bonds. The van der Waals surface area contributed by atoms with E-state index in [-0.39, 0.29) is 16.7 Å². The van der Waals surface area contributed by atoms with Crippen LogP contribution in [0.15, 0.2) is 17.2 Å². The van der Waals surface area contributed by atoms with Gasteiger partial charge in [-0.05, 0) is 13.8 Å². The molecule has 10 heteroatoms. The van der Waals surface area contributed by atoms with Crippen LogP contribution in [0.1, 0.15) is 12.6 Å². The van der Waals surface area contributed by atoms with Crippen LogP contribution >= 0.6 is 0 Å². The second-order valence-electron chi connectivity index (χ2n) is 4.38. The van der Waals surface area contributed by atoms with Gasteiger partial charge in [0.05, 0.1) is 5.69 Å². The summed E-state index contributed by atoms with van der Waals surface area (Å²) in [5.41, 5.74) is -1.34. The van der Waals surface area contributed by atoms with Crippen molar-refractivity contribution in [2.45, 2.75) is 25.3 Å². The largest absolute Gasteiger partial charge is 0.274 e. The first-order valence-corrected chi connectivity index (χ1v) is 7.55. The van der Waals surface area contributed by atoms with Gasteiger partial charge in [0.2, 0.25) is 0 Å². The molecule has 5 nitrogen and oxygen atoms in total. The molecule has 1 N–H and O–H groups in total. The summed E-state index contributed by atoms with van der Waals surface area (Å²) in [5.74, 6) is -7.08. The van der Waals surface area contributed by atoms with Gasteiger partial charge in [-0.2, -0.15) is 5.10 Å². The van der Waals surface area contributed by atoms with Crippen molar-refractivity contribution in [2.24, 2.45) is 0 Å². The lowest BCUT2D eigenvalue weighted by Crippen LogP contribution is -2.17. The maximum absolute atomic E-state index is 13.5. The van der Waals surface area contributed by atoms with Crippen molar-refractivity contribution in [3.63, 3.8) is 0 Å². The lowest BCUT2D eigenvalue weighted by Gasteiger charge is -2.10. The summed E-state index contributed by atoms with van der Waals surface area (Å²) < 4.78 is 80.4. The van der Waals surface area contributed by atoms with E-state index in [9.17, 15) is 26.0 Å². The fraction of sp³-hybridized carbons (Fsp3) is 0.250. The van der Waals surface area contributed by atoms with Crippen molar-refractivity contribution < 1.29 is 26.0 Å². The molecule has 0 radical (unpaired) electrons. The Labute approximate surface area is 123 Å². The lowest BCUT2D eigenvalue weighted by molar-refractivity contribution is 0.459. The van der Waals surface area contributed by atoms with Gasteiger partial charge in [-0.1, -0.05) is 0 Å². The minimum absolute atomic E-state index is 0.0111. The number of nitrogens with zero attached hydrogens (tertiary/aromatic N) is 2. The first-order chi connectivity index (χ1) is 10.2. The third kappa shape index (κ3) is 2.78. The van der Waals surface area contributed by atoms with Crippen molar-refractivity contribution >= 4 is 15.7 Å². The number of rotatable bonds is 4. The van der Waals surface area contributed by atoms with E-state index in [1.165, 1.54) is 16.3 Å². The number of aryl methyl sites for hydroxylation is 2. The summed E-state index contributed by atoms with van der Waals surface area (Å²) in [6, 6.07) is -0.0111. The van der Waals surface area contributed by atoms with Gasteiger partial charge in [0.1, 0.15) is 10.6 Å². The summed E-state index contributed by atoms with van der Waals surface area (Å²) in [5, 5.41) is 3.88. The van der Waals surface area contributed by atoms with Crippen molar-refractivity contribution in [3.8, 4) is 0 Å². The van der Waals surface area contributed by atoms with Crippen LogP contribution in [0.5, 0.6) is 0 Å². The molecule has 0 spiro atoms. The SMILES string of the molecule is CCn1cc(S(=O)(=O)Nc2c(F)c(F)cc(F)c2F)c(C)n1. The van der Waals surface area contributed by atoms with Crippen LogP contribution in [-0.4, -0.2) is 18.2 Å². The predicted octanol–water partition coefficient (Wildman–Crippen LogP) is 2.57. The number of sulfonamides is 1. The van der Waals surface area contributed by atoms with Crippen LogP contribution in [0.2, 0.25) is 0 Å². The molecule has 0 bridgehead atoms. The van der Waals surface area contributed by atoms with Crippen LogP contribution in [0.25, 0.3) is 0 Å². The average Bonchev–Trinajstić information content (AvgIpc) is 2.83. The molecule has 120 valence electrons. The average molecular weight is 337 g/mol. The van der Waals surface area contributed by atoms with Crippen molar-refractivity contribution in [1.82, 2.24) is 9.78 Å². The van der Waals surface area contributed by atoms with Crippen LogP contribution in [0.4, 0.5) is 23.2 Å². The summed E-state index contributed by atoms with van der Waals surface area (Å²) >= 11 is 0. The molecule has 2 rings (SSSR count). The van der Waals surface area contributed by atoms with E-state index < -0.39 is 39.0 Å².